The zero-order valence-electron chi connectivity index (χ0n) is 19.4. The number of carbonyl (C=O) groups excluding carboxylic acids is 1. The molecule has 0 unspecified atom stereocenters. The number of nitrogens with zero attached hydrogens (tertiary/aromatic N) is 2. The number of hydrogen-bond donors (Lipinski definition) is 3. The Morgan fingerprint density at radius 3 is 2.11 bits per heavy atom. The van der Waals surface area contributed by atoms with Gasteiger partial charge in [-0.15, -0.1) is 0 Å². The number of carbonyl (C=O) groups is 1. The molecule has 0 aliphatic rings. The third-order valence-corrected chi connectivity index (χ3v) is 4.76. The highest BCUT2D eigenvalue weighted by molar-refractivity contribution is 6.17. The van der Waals surface area contributed by atoms with Crippen LogP contribution in [0.4, 0.5) is 45.2 Å². The number of nitrogens with one attached hydrogen (secondary N) is 1. The van der Waals surface area contributed by atoms with Gasteiger partial charge in [0, 0.05) is 31.1 Å². The molecule has 1 amide bonds. The Morgan fingerprint density at radius 2 is 1.61 bits per heavy atom. The summed E-state index contributed by atoms with van der Waals surface area (Å²) >= 11 is 0. The van der Waals surface area contributed by atoms with Gasteiger partial charge in [-0.25, -0.2) is 18.2 Å². The van der Waals surface area contributed by atoms with Crippen molar-refractivity contribution in [2.75, 3.05) is 7.05 Å². The van der Waals surface area contributed by atoms with Crippen molar-refractivity contribution < 1.29 is 44.3 Å². The molecule has 0 saturated heterocycles. The molecule has 0 spiro atoms. The molecule has 15 heteroatoms. The molecule has 0 fully saturated rings. The van der Waals surface area contributed by atoms with Gasteiger partial charge in [0.2, 0.25) is 0 Å². The lowest BCUT2D eigenvalue weighted by Gasteiger charge is -2.17. The highest BCUT2D eigenvalue weighted by atomic mass is 19.4. The highest BCUT2D eigenvalue weighted by Gasteiger charge is 2.41. The molecule has 0 aliphatic heterocycles. The van der Waals surface area contributed by atoms with Gasteiger partial charge in [0.1, 0.15) is 23.0 Å². The van der Waals surface area contributed by atoms with Gasteiger partial charge in [-0.3, -0.25) is 9.79 Å². The van der Waals surface area contributed by atoms with Crippen molar-refractivity contribution in [3.63, 3.8) is 0 Å². The van der Waals surface area contributed by atoms with Crippen LogP contribution in [0.2, 0.25) is 0 Å². The van der Waals surface area contributed by atoms with E-state index >= 15 is 0 Å². The average Bonchev–Trinajstić information content (AvgIpc) is 2.80. The summed E-state index contributed by atoms with van der Waals surface area (Å²) in [5, 5.41) is 1.51. The van der Waals surface area contributed by atoms with Gasteiger partial charge in [0.05, 0.1) is 11.3 Å². The summed E-state index contributed by atoms with van der Waals surface area (Å²) < 4.78 is 123. The average molecular weight is 551 g/mol. The number of halogens is 9. The zero-order chi connectivity index (χ0) is 29.0. The van der Waals surface area contributed by atoms with E-state index in [2.05, 4.69) is 9.98 Å². The van der Waals surface area contributed by atoms with Crippen molar-refractivity contribution in [1.29, 1.82) is 0 Å². The van der Waals surface area contributed by atoms with Crippen LogP contribution < -0.4 is 16.8 Å². The van der Waals surface area contributed by atoms with E-state index in [1.54, 1.807) is 0 Å². The molecule has 2 aromatic carbocycles. The molecule has 5 N–H and O–H groups in total. The number of rotatable bonds is 6. The van der Waals surface area contributed by atoms with Crippen molar-refractivity contribution in [2.45, 2.75) is 19.3 Å². The molecule has 0 aliphatic carbocycles. The number of nitrogens with two attached hydrogens (primary N) is 2. The molecule has 0 aromatic heterocycles. The first-order valence-corrected chi connectivity index (χ1v) is 10.1. The maximum atomic E-state index is 14.7. The summed E-state index contributed by atoms with van der Waals surface area (Å²) in [7, 11) is 0.967. The fourth-order valence-electron chi connectivity index (χ4n) is 3.00. The van der Waals surface area contributed by atoms with E-state index in [1.807, 2.05) is 0 Å². The lowest BCUT2D eigenvalue weighted by molar-refractivity contribution is -0.118. The van der Waals surface area contributed by atoms with Crippen LogP contribution in [0.15, 0.2) is 63.5 Å². The molecular formula is C23H18F9N5O. The quantitative estimate of drug-likeness (QED) is 0.264. The summed E-state index contributed by atoms with van der Waals surface area (Å²) in [5.41, 5.74) is 1.61. The van der Waals surface area contributed by atoms with Crippen LogP contribution in [-0.2, 0) is 4.79 Å². The number of hydrogen-bond acceptors (Lipinski definition) is 5. The zero-order valence-corrected chi connectivity index (χ0v) is 19.4. The van der Waals surface area contributed by atoms with E-state index in [9.17, 15) is 44.3 Å². The molecule has 0 atom stereocenters. The minimum Gasteiger partial charge on any atom is -0.403 e. The number of benzene rings is 2. The predicted molar refractivity (Wildman–Crippen MR) is 122 cm³/mol. The fraction of sp³-hybridized carbons (Fsp3) is 0.174. The Morgan fingerprint density at radius 1 is 0.974 bits per heavy atom. The number of aliphatic imine (C=N–C) groups is 2. The third-order valence-electron chi connectivity index (χ3n) is 4.76. The SMILES string of the molecule is CN=CC(C(=O)NC(=CN)C(=Nc1c(F)cc(F)cc1-c1ccc(F)c(C)c1)C(F)(F)F)=C(N)C(F)(F)F. The Balaban J connectivity index is 2.75. The second-order valence-corrected chi connectivity index (χ2v) is 7.45. The van der Waals surface area contributed by atoms with Gasteiger partial charge in [0.15, 0.2) is 11.5 Å². The van der Waals surface area contributed by atoms with Crippen molar-refractivity contribution in [3.8, 4) is 11.1 Å². The smallest absolute Gasteiger partial charge is 0.403 e. The van der Waals surface area contributed by atoms with E-state index in [-0.39, 0.29) is 23.4 Å². The van der Waals surface area contributed by atoms with E-state index in [0.29, 0.717) is 12.3 Å². The summed E-state index contributed by atoms with van der Waals surface area (Å²) in [4.78, 5) is 18.9. The number of alkyl halides is 6. The van der Waals surface area contributed by atoms with Crippen LogP contribution in [-0.4, -0.2) is 37.2 Å². The molecule has 0 heterocycles. The van der Waals surface area contributed by atoms with E-state index < -0.39 is 69.6 Å². The van der Waals surface area contributed by atoms with Crippen LogP contribution in [0.1, 0.15) is 5.56 Å². The first kappa shape index (κ1) is 29.9. The Labute approximate surface area is 209 Å². The van der Waals surface area contributed by atoms with Crippen molar-refractivity contribution in [1.82, 2.24) is 5.32 Å². The van der Waals surface area contributed by atoms with Crippen LogP contribution in [0, 0.1) is 24.4 Å². The summed E-state index contributed by atoms with van der Waals surface area (Å²) in [6, 6.07) is 3.89. The maximum Gasteiger partial charge on any atom is 0.435 e. The monoisotopic (exact) mass is 551 g/mol. The maximum absolute atomic E-state index is 14.7. The molecule has 6 nitrogen and oxygen atoms in total. The van der Waals surface area contributed by atoms with Gasteiger partial charge in [-0.05, 0) is 36.2 Å². The van der Waals surface area contributed by atoms with E-state index in [4.69, 9.17) is 11.5 Å². The largest absolute Gasteiger partial charge is 0.435 e. The molecule has 0 bridgehead atoms. The number of aryl methyl sites for hydroxylation is 1. The molecular weight excluding hydrogens is 533 g/mol. The van der Waals surface area contributed by atoms with Crippen molar-refractivity contribution >= 4 is 23.5 Å². The number of amides is 1. The van der Waals surface area contributed by atoms with Gasteiger partial charge in [-0.2, -0.15) is 26.3 Å². The van der Waals surface area contributed by atoms with Gasteiger partial charge in [-0.1, -0.05) is 6.07 Å². The molecule has 2 rings (SSSR count). The minimum atomic E-state index is -5.48. The lowest BCUT2D eigenvalue weighted by atomic mass is 10.0. The molecule has 204 valence electrons. The number of allylic oxidation sites excluding steroid dienone is 2. The van der Waals surface area contributed by atoms with Crippen LogP contribution in [0.3, 0.4) is 0 Å². The Hall–Kier alpha value is -4.30. The summed E-state index contributed by atoms with van der Waals surface area (Å²) in [5.74, 6) is -5.29. The second-order valence-electron chi connectivity index (χ2n) is 7.45. The Kier molecular flexibility index (Phi) is 8.97. The van der Waals surface area contributed by atoms with Crippen LogP contribution >= 0.6 is 0 Å². The van der Waals surface area contributed by atoms with Crippen LogP contribution in [0.5, 0.6) is 0 Å². The standard InChI is InChI=1S/C23H18F9N5O/c1-10-5-11(3-4-15(10)25)13-6-12(24)7-16(26)18(13)37-20(23(30,31)32)17(8-33)36-21(38)14(9-35-2)19(34)22(27,28)29/h3-9H,33-34H2,1-2H3,(H,36,38). The van der Waals surface area contributed by atoms with E-state index in [1.165, 1.54) is 12.2 Å². The van der Waals surface area contributed by atoms with Crippen molar-refractivity contribution in [3.05, 3.63) is 76.5 Å². The minimum absolute atomic E-state index is 0.00731. The van der Waals surface area contributed by atoms with Gasteiger partial charge < -0.3 is 16.8 Å². The molecule has 0 saturated carbocycles. The topological polar surface area (TPSA) is 106 Å². The second kappa shape index (κ2) is 11.4. The lowest BCUT2D eigenvalue weighted by Crippen LogP contribution is -2.38. The first-order chi connectivity index (χ1) is 17.5. The predicted octanol–water partition coefficient (Wildman–Crippen LogP) is 5.11. The molecule has 38 heavy (non-hydrogen) atoms. The normalized spacial score (nSPS) is 14.1. The summed E-state index contributed by atoms with van der Waals surface area (Å²) in [6.07, 6.45) is -10.2. The van der Waals surface area contributed by atoms with Gasteiger partial charge in [0.25, 0.3) is 5.91 Å². The third kappa shape index (κ3) is 6.92. The van der Waals surface area contributed by atoms with Gasteiger partial charge >= 0.3 is 12.4 Å². The summed E-state index contributed by atoms with van der Waals surface area (Å²) in [6.45, 7) is 1.29. The Bertz CT molecular complexity index is 1360. The molecule has 0 radical (unpaired) electrons. The highest BCUT2D eigenvalue weighted by Crippen LogP contribution is 2.37. The van der Waals surface area contributed by atoms with E-state index in [0.717, 1.165) is 25.2 Å². The first-order valence-electron chi connectivity index (χ1n) is 10.1. The van der Waals surface area contributed by atoms with Crippen molar-refractivity contribution in [2.24, 2.45) is 21.5 Å². The fourth-order valence-corrected chi connectivity index (χ4v) is 3.00. The molecule has 2 aromatic rings. The van der Waals surface area contributed by atoms with Crippen LogP contribution in [0.25, 0.3) is 11.1 Å².